The first kappa shape index (κ1) is 36.2. The van der Waals surface area contributed by atoms with E-state index in [1.807, 2.05) is 56.3 Å². The molecule has 4 aromatic rings. The third-order valence-corrected chi connectivity index (χ3v) is 9.82. The molecule has 0 saturated heterocycles. The molecule has 3 aromatic carbocycles. The summed E-state index contributed by atoms with van der Waals surface area (Å²) >= 11 is 0. The lowest BCUT2D eigenvalue weighted by molar-refractivity contribution is -0.129. The van der Waals surface area contributed by atoms with Crippen LogP contribution in [-0.4, -0.2) is 78.9 Å². The van der Waals surface area contributed by atoms with Gasteiger partial charge in [0.05, 0.1) is 29.0 Å². The standard InChI is InChI=1S/C36H43N5O6S/c1-25(2)20-21-41(48(46,47)28-15-8-5-9-16-28)24-33(42)31(22-26-12-6-4-7-13-26)39-36(45)32(23-34(43)37-3)40-35(44)30-19-18-27-14-10-11-17-29(27)38-30/h4-19,25,31-33,42H,20-24H2,1-3H3,(H,37,43)(H,39,45)(H,40,44)/t31-,32?,33+/m0/s1. The first-order valence-electron chi connectivity index (χ1n) is 15.9. The summed E-state index contributed by atoms with van der Waals surface area (Å²) in [5, 5.41) is 20.4. The summed E-state index contributed by atoms with van der Waals surface area (Å²) in [6, 6.07) is 25.4. The summed E-state index contributed by atoms with van der Waals surface area (Å²) < 4.78 is 28.7. The van der Waals surface area contributed by atoms with E-state index in [-0.39, 0.29) is 42.4 Å². The van der Waals surface area contributed by atoms with Gasteiger partial charge in [-0.25, -0.2) is 13.4 Å². The van der Waals surface area contributed by atoms with Crippen LogP contribution >= 0.6 is 0 Å². The minimum atomic E-state index is -3.98. The molecule has 1 heterocycles. The van der Waals surface area contributed by atoms with Gasteiger partial charge in [0.2, 0.25) is 21.8 Å². The minimum Gasteiger partial charge on any atom is -0.390 e. The van der Waals surface area contributed by atoms with Gasteiger partial charge in [0.25, 0.3) is 5.91 Å². The second-order valence-electron chi connectivity index (χ2n) is 12.0. The number of aromatic nitrogens is 1. The molecule has 0 aliphatic heterocycles. The van der Waals surface area contributed by atoms with E-state index in [0.717, 1.165) is 10.9 Å². The smallest absolute Gasteiger partial charge is 0.270 e. The third kappa shape index (κ3) is 9.93. The summed E-state index contributed by atoms with van der Waals surface area (Å²) in [4.78, 5) is 44.1. The lowest BCUT2D eigenvalue weighted by atomic mass is 10.00. The number of hydrogen-bond donors (Lipinski definition) is 4. The Labute approximate surface area is 281 Å². The molecule has 0 fully saturated rings. The van der Waals surface area contributed by atoms with Gasteiger partial charge in [-0.3, -0.25) is 14.4 Å². The SMILES string of the molecule is CNC(=O)CC(NC(=O)c1ccc2ccccc2n1)C(=O)N[C@@H](Cc1ccccc1)[C@H](O)CN(CCC(C)C)S(=O)(=O)c1ccccc1. The van der Waals surface area contributed by atoms with Crippen molar-refractivity contribution in [3.63, 3.8) is 0 Å². The second-order valence-corrected chi connectivity index (χ2v) is 14.0. The topological polar surface area (TPSA) is 158 Å². The van der Waals surface area contributed by atoms with Crippen molar-refractivity contribution in [2.24, 2.45) is 5.92 Å². The fourth-order valence-corrected chi connectivity index (χ4v) is 6.64. The van der Waals surface area contributed by atoms with Crippen LogP contribution in [0.5, 0.6) is 0 Å². The number of pyridine rings is 1. The van der Waals surface area contributed by atoms with Gasteiger partial charge in [0.1, 0.15) is 11.7 Å². The average Bonchev–Trinajstić information content (AvgIpc) is 3.09. The number of benzene rings is 3. The predicted molar refractivity (Wildman–Crippen MR) is 184 cm³/mol. The second kappa shape index (κ2) is 17.0. The molecule has 0 saturated carbocycles. The predicted octanol–water partition coefficient (Wildman–Crippen LogP) is 3.29. The van der Waals surface area contributed by atoms with E-state index in [1.54, 1.807) is 36.4 Å². The van der Waals surface area contributed by atoms with Crippen molar-refractivity contribution in [1.29, 1.82) is 0 Å². The quantitative estimate of drug-likeness (QED) is 0.142. The van der Waals surface area contributed by atoms with E-state index in [1.165, 1.54) is 29.6 Å². The molecule has 0 aliphatic carbocycles. The molecule has 4 N–H and O–H groups in total. The van der Waals surface area contributed by atoms with Gasteiger partial charge >= 0.3 is 0 Å². The molecule has 3 atom stereocenters. The molecule has 3 amide bonds. The van der Waals surface area contributed by atoms with Crippen molar-refractivity contribution in [3.8, 4) is 0 Å². The van der Waals surface area contributed by atoms with Gasteiger partial charge < -0.3 is 21.1 Å². The summed E-state index contributed by atoms with van der Waals surface area (Å²) in [6.45, 7) is 3.83. The molecule has 1 unspecified atom stereocenters. The Morgan fingerprint density at radius 2 is 1.50 bits per heavy atom. The first-order chi connectivity index (χ1) is 23.0. The number of nitrogens with zero attached hydrogens (tertiary/aromatic N) is 2. The zero-order valence-electron chi connectivity index (χ0n) is 27.4. The molecular weight excluding hydrogens is 630 g/mol. The number of rotatable bonds is 16. The maximum atomic E-state index is 13.8. The van der Waals surface area contributed by atoms with E-state index in [2.05, 4.69) is 20.9 Å². The number of aliphatic hydroxyl groups excluding tert-OH is 1. The summed E-state index contributed by atoms with van der Waals surface area (Å²) in [7, 11) is -2.56. The summed E-state index contributed by atoms with van der Waals surface area (Å²) in [6.07, 6.45) is -1.02. The van der Waals surface area contributed by atoms with E-state index in [0.29, 0.717) is 11.9 Å². The number of carbonyl (C=O) groups excluding carboxylic acids is 3. The van der Waals surface area contributed by atoms with Gasteiger partial charge in [0, 0.05) is 25.5 Å². The Bertz CT molecular complexity index is 1790. The zero-order valence-corrected chi connectivity index (χ0v) is 28.2. The lowest BCUT2D eigenvalue weighted by Gasteiger charge is -2.31. The van der Waals surface area contributed by atoms with Gasteiger partial charge in [0.15, 0.2) is 0 Å². The van der Waals surface area contributed by atoms with Crippen molar-refractivity contribution in [1.82, 2.24) is 25.2 Å². The lowest BCUT2D eigenvalue weighted by Crippen LogP contribution is -2.56. The largest absolute Gasteiger partial charge is 0.390 e. The summed E-state index contributed by atoms with van der Waals surface area (Å²) in [5.74, 6) is -1.66. The number of fused-ring (bicyclic) bond motifs is 1. The highest BCUT2D eigenvalue weighted by atomic mass is 32.2. The van der Waals surface area contributed by atoms with Crippen LogP contribution in [0, 0.1) is 5.92 Å². The van der Waals surface area contributed by atoms with E-state index in [4.69, 9.17) is 0 Å². The normalized spacial score (nSPS) is 13.5. The van der Waals surface area contributed by atoms with Gasteiger partial charge in [-0.2, -0.15) is 4.31 Å². The molecule has 48 heavy (non-hydrogen) atoms. The number of nitrogens with one attached hydrogen (secondary N) is 3. The third-order valence-electron chi connectivity index (χ3n) is 7.94. The molecule has 0 spiro atoms. The van der Waals surface area contributed by atoms with Crippen molar-refractivity contribution in [2.75, 3.05) is 20.1 Å². The Morgan fingerprint density at radius 1 is 0.854 bits per heavy atom. The van der Waals surface area contributed by atoms with Crippen LogP contribution in [0.15, 0.2) is 102 Å². The van der Waals surface area contributed by atoms with Crippen LogP contribution in [-0.2, 0) is 26.0 Å². The number of aliphatic hydroxyl groups is 1. The number of carbonyl (C=O) groups is 3. The molecule has 0 aliphatic rings. The Kier molecular flexibility index (Phi) is 12.8. The minimum absolute atomic E-state index is 0.0659. The van der Waals surface area contributed by atoms with Crippen molar-refractivity contribution in [3.05, 3.63) is 108 Å². The molecule has 12 heteroatoms. The van der Waals surface area contributed by atoms with Crippen LogP contribution in [0.1, 0.15) is 42.7 Å². The summed E-state index contributed by atoms with van der Waals surface area (Å²) in [5.41, 5.74) is 1.45. The first-order valence-corrected chi connectivity index (χ1v) is 17.4. The van der Waals surface area contributed by atoms with E-state index < -0.39 is 45.9 Å². The molecule has 254 valence electrons. The van der Waals surface area contributed by atoms with Gasteiger partial charge in [-0.15, -0.1) is 0 Å². The molecule has 4 rings (SSSR count). The molecule has 1 aromatic heterocycles. The average molecular weight is 674 g/mol. The fraction of sp³-hybridized carbons (Fsp3) is 0.333. The fourth-order valence-electron chi connectivity index (χ4n) is 5.15. The van der Waals surface area contributed by atoms with Crippen molar-refractivity contribution < 1.29 is 27.9 Å². The Hall–Kier alpha value is -4.65. The van der Waals surface area contributed by atoms with Crippen molar-refractivity contribution in [2.45, 2.75) is 56.2 Å². The van der Waals surface area contributed by atoms with Crippen molar-refractivity contribution >= 4 is 38.6 Å². The van der Waals surface area contributed by atoms with Gasteiger partial charge in [-0.1, -0.05) is 86.6 Å². The van der Waals surface area contributed by atoms with Gasteiger partial charge in [-0.05, 0) is 48.6 Å². The number of hydrogen-bond acceptors (Lipinski definition) is 7. The van der Waals surface area contributed by atoms with E-state index >= 15 is 0 Å². The number of sulfonamides is 1. The van der Waals surface area contributed by atoms with Crippen LogP contribution in [0.4, 0.5) is 0 Å². The molecule has 0 radical (unpaired) electrons. The maximum Gasteiger partial charge on any atom is 0.270 e. The highest BCUT2D eigenvalue weighted by Gasteiger charge is 2.33. The number of para-hydroxylation sites is 1. The monoisotopic (exact) mass is 673 g/mol. The van der Waals surface area contributed by atoms with Crippen LogP contribution in [0.2, 0.25) is 0 Å². The highest BCUT2D eigenvalue weighted by molar-refractivity contribution is 7.89. The van der Waals surface area contributed by atoms with Crippen LogP contribution in [0.3, 0.4) is 0 Å². The van der Waals surface area contributed by atoms with E-state index in [9.17, 15) is 27.9 Å². The Morgan fingerprint density at radius 3 is 2.17 bits per heavy atom. The zero-order chi connectivity index (χ0) is 34.7. The Balaban J connectivity index is 1.60. The molecule has 0 bridgehead atoms. The molecule has 11 nitrogen and oxygen atoms in total. The highest BCUT2D eigenvalue weighted by Crippen LogP contribution is 2.19. The maximum absolute atomic E-state index is 13.8. The number of amides is 3. The molecular formula is C36H43N5O6S. The van der Waals surface area contributed by atoms with Crippen LogP contribution in [0.25, 0.3) is 10.9 Å². The van der Waals surface area contributed by atoms with Crippen LogP contribution < -0.4 is 16.0 Å².